The third-order valence-electron chi connectivity index (χ3n) is 6.72. The number of hydrogen-bond acceptors (Lipinski definition) is 3. The maximum atomic E-state index is 11.6. The molecule has 116 valence electrons. The fourth-order valence-corrected chi connectivity index (χ4v) is 4.76. The largest absolute Gasteiger partial charge is 0.497 e. The van der Waals surface area contributed by atoms with Gasteiger partial charge in [-0.1, -0.05) is 20.8 Å². The Balaban J connectivity index is 2.12. The van der Waals surface area contributed by atoms with Gasteiger partial charge in [-0.05, 0) is 48.3 Å². The first-order chi connectivity index (χ1) is 9.78. The van der Waals surface area contributed by atoms with Crippen LogP contribution >= 0.6 is 0 Å². The predicted octanol–water partition coefficient (Wildman–Crippen LogP) is 3.74. The quantitative estimate of drug-likeness (QED) is 0.921. The van der Waals surface area contributed by atoms with Gasteiger partial charge in [-0.15, -0.1) is 0 Å². The lowest BCUT2D eigenvalue weighted by atomic mass is 9.62. The van der Waals surface area contributed by atoms with Crippen molar-refractivity contribution in [2.45, 2.75) is 45.6 Å². The molecule has 2 fully saturated rings. The summed E-state index contributed by atoms with van der Waals surface area (Å²) in [6, 6.07) is 5.78. The molecular weight excluding hydrogens is 264 g/mol. The summed E-state index contributed by atoms with van der Waals surface area (Å²) in [4.78, 5) is 0. The van der Waals surface area contributed by atoms with Crippen LogP contribution in [0.4, 0.5) is 0 Å². The second-order valence-electron chi connectivity index (χ2n) is 7.46. The van der Waals surface area contributed by atoms with Gasteiger partial charge in [-0.2, -0.15) is 0 Å². The molecular formula is C18H26O3. The maximum Gasteiger partial charge on any atom is 0.122 e. The summed E-state index contributed by atoms with van der Waals surface area (Å²) in [6.07, 6.45) is 3.11. The Labute approximate surface area is 127 Å². The van der Waals surface area contributed by atoms with Crippen molar-refractivity contribution in [1.29, 1.82) is 0 Å². The molecule has 2 bridgehead atoms. The van der Waals surface area contributed by atoms with Gasteiger partial charge in [-0.25, -0.2) is 0 Å². The van der Waals surface area contributed by atoms with Gasteiger partial charge in [0.25, 0.3) is 0 Å². The molecule has 1 aromatic carbocycles. The molecule has 0 heterocycles. The van der Waals surface area contributed by atoms with E-state index in [0.29, 0.717) is 5.92 Å². The monoisotopic (exact) mass is 290 g/mol. The summed E-state index contributed by atoms with van der Waals surface area (Å²) in [7, 11) is 3.30. The molecule has 3 rings (SSSR count). The Morgan fingerprint density at radius 1 is 1.05 bits per heavy atom. The first kappa shape index (κ1) is 14.7. The summed E-state index contributed by atoms with van der Waals surface area (Å²) < 4.78 is 10.8. The molecule has 0 aliphatic heterocycles. The molecule has 0 saturated heterocycles. The van der Waals surface area contributed by atoms with Gasteiger partial charge < -0.3 is 14.6 Å². The van der Waals surface area contributed by atoms with Crippen LogP contribution in [0.25, 0.3) is 0 Å². The van der Waals surface area contributed by atoms with Crippen LogP contribution in [0.3, 0.4) is 0 Å². The molecule has 2 aliphatic carbocycles. The van der Waals surface area contributed by atoms with Crippen LogP contribution < -0.4 is 9.47 Å². The summed E-state index contributed by atoms with van der Waals surface area (Å²) >= 11 is 0. The molecule has 1 N–H and O–H groups in total. The Morgan fingerprint density at radius 3 is 2.00 bits per heavy atom. The summed E-state index contributed by atoms with van der Waals surface area (Å²) in [5, 5.41) is 11.6. The summed E-state index contributed by atoms with van der Waals surface area (Å²) in [5.41, 5.74) is 0.165. The van der Waals surface area contributed by atoms with Crippen LogP contribution in [0.5, 0.6) is 11.5 Å². The molecule has 3 unspecified atom stereocenters. The highest BCUT2D eigenvalue weighted by Crippen LogP contribution is 2.72. The van der Waals surface area contributed by atoms with E-state index in [9.17, 15) is 5.11 Å². The van der Waals surface area contributed by atoms with Crippen molar-refractivity contribution in [1.82, 2.24) is 0 Å². The Bertz CT molecular complexity index is 543. The Kier molecular flexibility index (Phi) is 3.07. The molecule has 3 atom stereocenters. The smallest absolute Gasteiger partial charge is 0.122 e. The van der Waals surface area contributed by atoms with Gasteiger partial charge in [-0.3, -0.25) is 0 Å². The number of fused-ring (bicyclic) bond motifs is 2. The zero-order valence-electron chi connectivity index (χ0n) is 13.7. The molecule has 1 aromatic rings. The standard InChI is InChI=1S/C18H26O3/c1-16(2)12-6-7-17(16,3)18(19,11-12)13-8-14(20-4)10-15(9-13)21-5/h8-10,12,19H,6-7,11H2,1-5H3. The van der Waals surface area contributed by atoms with Gasteiger partial charge in [0.2, 0.25) is 0 Å². The number of ether oxygens (including phenoxy) is 2. The minimum atomic E-state index is -0.804. The fraction of sp³-hybridized carbons (Fsp3) is 0.667. The molecule has 21 heavy (non-hydrogen) atoms. The van der Waals surface area contributed by atoms with Crippen LogP contribution in [0.15, 0.2) is 18.2 Å². The van der Waals surface area contributed by atoms with Crippen molar-refractivity contribution >= 4 is 0 Å². The third kappa shape index (κ3) is 1.70. The highest BCUT2D eigenvalue weighted by atomic mass is 16.5. The maximum absolute atomic E-state index is 11.6. The highest BCUT2D eigenvalue weighted by molar-refractivity contribution is 5.43. The van der Waals surface area contributed by atoms with Crippen molar-refractivity contribution < 1.29 is 14.6 Å². The zero-order valence-corrected chi connectivity index (χ0v) is 13.7. The van der Waals surface area contributed by atoms with Gasteiger partial charge >= 0.3 is 0 Å². The second kappa shape index (κ2) is 4.39. The first-order valence-electron chi connectivity index (χ1n) is 7.74. The predicted molar refractivity (Wildman–Crippen MR) is 82.7 cm³/mol. The average molecular weight is 290 g/mol. The lowest BCUT2D eigenvalue weighted by Gasteiger charge is -2.45. The van der Waals surface area contributed by atoms with Crippen molar-refractivity contribution in [2.24, 2.45) is 16.7 Å². The second-order valence-corrected chi connectivity index (χ2v) is 7.46. The van der Waals surface area contributed by atoms with E-state index in [4.69, 9.17) is 9.47 Å². The molecule has 3 nitrogen and oxygen atoms in total. The van der Waals surface area contributed by atoms with Crippen LogP contribution in [-0.4, -0.2) is 19.3 Å². The molecule has 0 aromatic heterocycles. The van der Waals surface area contributed by atoms with E-state index in [1.54, 1.807) is 14.2 Å². The normalized spacial score (nSPS) is 36.8. The fourth-order valence-electron chi connectivity index (χ4n) is 4.76. The number of rotatable bonds is 3. The Morgan fingerprint density at radius 2 is 1.62 bits per heavy atom. The van der Waals surface area contributed by atoms with Gasteiger partial charge in [0.1, 0.15) is 11.5 Å². The van der Waals surface area contributed by atoms with Crippen LogP contribution in [0, 0.1) is 16.7 Å². The summed E-state index contributed by atoms with van der Waals surface area (Å²) in [5.74, 6) is 2.05. The molecule has 2 aliphatic rings. The van der Waals surface area contributed by atoms with E-state index < -0.39 is 5.60 Å². The lowest BCUT2D eigenvalue weighted by molar-refractivity contribution is -0.0959. The SMILES string of the molecule is COc1cc(OC)cc(C2(O)CC3CCC2(C)C3(C)C)c1. The van der Waals surface area contributed by atoms with Crippen molar-refractivity contribution in [2.75, 3.05) is 14.2 Å². The average Bonchev–Trinajstić information content (AvgIpc) is 2.78. The zero-order chi connectivity index (χ0) is 15.5. The number of aliphatic hydroxyl groups is 1. The number of benzene rings is 1. The molecule has 3 heteroatoms. The molecule has 2 saturated carbocycles. The number of hydrogen-bond donors (Lipinski definition) is 1. The van der Waals surface area contributed by atoms with E-state index in [1.807, 2.05) is 18.2 Å². The van der Waals surface area contributed by atoms with Gasteiger partial charge in [0.05, 0.1) is 19.8 Å². The first-order valence-corrected chi connectivity index (χ1v) is 7.74. The van der Waals surface area contributed by atoms with Crippen LogP contribution in [0.2, 0.25) is 0 Å². The molecule has 0 radical (unpaired) electrons. The van der Waals surface area contributed by atoms with Crippen LogP contribution in [-0.2, 0) is 5.60 Å². The number of methoxy groups -OCH3 is 2. The Hall–Kier alpha value is -1.22. The third-order valence-corrected chi connectivity index (χ3v) is 6.72. The molecule has 0 spiro atoms. The van der Waals surface area contributed by atoms with Crippen LogP contribution in [0.1, 0.15) is 45.6 Å². The summed E-state index contributed by atoms with van der Waals surface area (Å²) in [6.45, 7) is 6.85. The van der Waals surface area contributed by atoms with E-state index in [2.05, 4.69) is 20.8 Å². The van der Waals surface area contributed by atoms with Gasteiger partial charge in [0, 0.05) is 11.5 Å². The van der Waals surface area contributed by atoms with E-state index in [1.165, 1.54) is 6.42 Å². The highest BCUT2D eigenvalue weighted by Gasteiger charge is 2.68. The molecule has 0 amide bonds. The van der Waals surface area contributed by atoms with Crippen molar-refractivity contribution in [3.8, 4) is 11.5 Å². The van der Waals surface area contributed by atoms with E-state index in [-0.39, 0.29) is 10.8 Å². The van der Waals surface area contributed by atoms with E-state index in [0.717, 1.165) is 29.9 Å². The lowest BCUT2D eigenvalue weighted by Crippen LogP contribution is -2.44. The van der Waals surface area contributed by atoms with Crippen molar-refractivity contribution in [3.63, 3.8) is 0 Å². The van der Waals surface area contributed by atoms with E-state index >= 15 is 0 Å². The topological polar surface area (TPSA) is 38.7 Å². The minimum Gasteiger partial charge on any atom is -0.497 e. The van der Waals surface area contributed by atoms with Gasteiger partial charge in [0.15, 0.2) is 0 Å². The van der Waals surface area contributed by atoms with Crippen molar-refractivity contribution in [3.05, 3.63) is 23.8 Å². The minimum absolute atomic E-state index is 0.109.